The number of hydrogen-bond donors (Lipinski definition) is 2. The molecular formula is C10H20N2O. The van der Waals surface area contributed by atoms with Crippen LogP contribution in [0.4, 0.5) is 0 Å². The van der Waals surface area contributed by atoms with Gasteiger partial charge in [0, 0.05) is 18.2 Å². The molecule has 13 heavy (non-hydrogen) atoms. The van der Waals surface area contributed by atoms with Gasteiger partial charge in [0.1, 0.15) is 0 Å². The molecule has 0 aromatic carbocycles. The van der Waals surface area contributed by atoms with Crippen LogP contribution in [0.5, 0.6) is 0 Å². The Morgan fingerprint density at radius 2 is 2.15 bits per heavy atom. The Hall–Kier alpha value is -0.830. The van der Waals surface area contributed by atoms with E-state index in [4.69, 9.17) is 0 Å². The minimum atomic E-state index is -0.0521. The zero-order valence-electron chi connectivity index (χ0n) is 8.81. The van der Waals surface area contributed by atoms with Crippen molar-refractivity contribution < 1.29 is 4.79 Å². The third-order valence-electron chi connectivity index (χ3n) is 1.80. The van der Waals surface area contributed by atoms with Gasteiger partial charge in [0.05, 0.1) is 0 Å². The van der Waals surface area contributed by atoms with Crippen molar-refractivity contribution in [2.45, 2.75) is 33.2 Å². The first-order chi connectivity index (χ1) is 6.07. The van der Waals surface area contributed by atoms with Crippen molar-refractivity contribution in [2.24, 2.45) is 0 Å². The van der Waals surface area contributed by atoms with Gasteiger partial charge < -0.3 is 10.6 Å². The first-order valence-corrected chi connectivity index (χ1v) is 4.75. The highest BCUT2D eigenvalue weighted by Gasteiger charge is 2.02. The molecule has 0 aromatic heterocycles. The van der Waals surface area contributed by atoms with Crippen LogP contribution in [0.1, 0.15) is 27.2 Å². The van der Waals surface area contributed by atoms with Crippen LogP contribution in [0.3, 0.4) is 0 Å². The molecule has 76 valence electrons. The average molecular weight is 184 g/mol. The SMILES string of the molecule is C=C(C)C(=O)NCCC(C)NCC. The fourth-order valence-electron chi connectivity index (χ4n) is 1.00. The predicted octanol–water partition coefficient (Wildman–Crippen LogP) is 1.07. The third-order valence-corrected chi connectivity index (χ3v) is 1.80. The summed E-state index contributed by atoms with van der Waals surface area (Å²) in [5, 5.41) is 6.07. The molecule has 0 spiro atoms. The highest BCUT2D eigenvalue weighted by molar-refractivity contribution is 5.91. The van der Waals surface area contributed by atoms with Gasteiger partial charge in [0.15, 0.2) is 0 Å². The second-order valence-corrected chi connectivity index (χ2v) is 3.28. The van der Waals surface area contributed by atoms with Crippen molar-refractivity contribution in [1.82, 2.24) is 10.6 Å². The number of nitrogens with one attached hydrogen (secondary N) is 2. The van der Waals surface area contributed by atoms with Gasteiger partial charge in [-0.2, -0.15) is 0 Å². The van der Waals surface area contributed by atoms with Crippen LogP contribution in [0, 0.1) is 0 Å². The van der Waals surface area contributed by atoms with E-state index in [1.807, 2.05) is 0 Å². The van der Waals surface area contributed by atoms with Crippen LogP contribution in [0.25, 0.3) is 0 Å². The molecular weight excluding hydrogens is 164 g/mol. The maximum Gasteiger partial charge on any atom is 0.246 e. The van der Waals surface area contributed by atoms with Gasteiger partial charge in [-0.05, 0) is 26.8 Å². The van der Waals surface area contributed by atoms with Crippen LogP contribution in [0.15, 0.2) is 12.2 Å². The third kappa shape index (κ3) is 6.34. The van der Waals surface area contributed by atoms with E-state index in [1.165, 1.54) is 0 Å². The summed E-state index contributed by atoms with van der Waals surface area (Å²) in [5.41, 5.74) is 0.566. The molecule has 0 aliphatic heterocycles. The number of rotatable bonds is 6. The van der Waals surface area contributed by atoms with E-state index >= 15 is 0 Å². The molecule has 0 aliphatic carbocycles. The normalized spacial score (nSPS) is 12.2. The van der Waals surface area contributed by atoms with Crippen molar-refractivity contribution in [2.75, 3.05) is 13.1 Å². The lowest BCUT2D eigenvalue weighted by molar-refractivity contribution is -0.117. The lowest BCUT2D eigenvalue weighted by atomic mass is 10.2. The number of carbonyl (C=O) groups excluding carboxylic acids is 1. The fraction of sp³-hybridized carbons (Fsp3) is 0.700. The van der Waals surface area contributed by atoms with Crippen LogP contribution in [0.2, 0.25) is 0 Å². The molecule has 0 fully saturated rings. The van der Waals surface area contributed by atoms with Gasteiger partial charge in [0.25, 0.3) is 0 Å². The molecule has 0 bridgehead atoms. The lowest BCUT2D eigenvalue weighted by Crippen LogP contribution is -2.32. The van der Waals surface area contributed by atoms with Crippen LogP contribution in [-0.2, 0) is 4.79 Å². The Kier molecular flexibility index (Phi) is 6.24. The topological polar surface area (TPSA) is 41.1 Å². The van der Waals surface area contributed by atoms with Crippen LogP contribution < -0.4 is 10.6 Å². The molecule has 0 aromatic rings. The quantitative estimate of drug-likeness (QED) is 0.606. The number of amides is 1. The highest BCUT2D eigenvalue weighted by atomic mass is 16.1. The Balaban J connectivity index is 3.44. The molecule has 1 atom stereocenters. The van der Waals surface area contributed by atoms with Crippen molar-refractivity contribution in [3.63, 3.8) is 0 Å². The summed E-state index contributed by atoms with van der Waals surface area (Å²) in [5.74, 6) is -0.0521. The van der Waals surface area contributed by atoms with Gasteiger partial charge in [0.2, 0.25) is 5.91 Å². The molecule has 0 saturated carbocycles. The second kappa shape index (κ2) is 6.66. The summed E-state index contributed by atoms with van der Waals surface area (Å²) in [4.78, 5) is 11.1. The number of carbonyl (C=O) groups is 1. The molecule has 1 unspecified atom stereocenters. The van der Waals surface area contributed by atoms with Gasteiger partial charge in [-0.3, -0.25) is 4.79 Å². The molecule has 0 heterocycles. The van der Waals surface area contributed by atoms with E-state index in [0.717, 1.165) is 13.0 Å². The molecule has 3 nitrogen and oxygen atoms in total. The van der Waals surface area contributed by atoms with E-state index in [-0.39, 0.29) is 5.91 Å². The van der Waals surface area contributed by atoms with Crippen LogP contribution in [-0.4, -0.2) is 25.0 Å². The molecule has 0 aliphatic rings. The molecule has 3 heteroatoms. The monoisotopic (exact) mass is 184 g/mol. The standard InChI is InChI=1S/C10H20N2O/c1-5-11-9(4)6-7-12-10(13)8(2)3/h9,11H,2,5-7H2,1,3-4H3,(H,12,13). The highest BCUT2D eigenvalue weighted by Crippen LogP contribution is 1.90. The Morgan fingerprint density at radius 3 is 2.62 bits per heavy atom. The molecule has 1 amide bonds. The zero-order chi connectivity index (χ0) is 10.3. The minimum absolute atomic E-state index is 0.0521. The largest absolute Gasteiger partial charge is 0.352 e. The molecule has 2 N–H and O–H groups in total. The Morgan fingerprint density at radius 1 is 1.54 bits per heavy atom. The molecule has 0 radical (unpaired) electrons. The van der Waals surface area contributed by atoms with Crippen molar-refractivity contribution in [3.05, 3.63) is 12.2 Å². The van der Waals surface area contributed by atoms with Crippen molar-refractivity contribution in [1.29, 1.82) is 0 Å². The second-order valence-electron chi connectivity index (χ2n) is 3.28. The van der Waals surface area contributed by atoms with E-state index in [9.17, 15) is 4.79 Å². The van der Waals surface area contributed by atoms with Gasteiger partial charge >= 0.3 is 0 Å². The molecule has 0 saturated heterocycles. The van der Waals surface area contributed by atoms with E-state index in [2.05, 4.69) is 31.1 Å². The zero-order valence-corrected chi connectivity index (χ0v) is 8.81. The van der Waals surface area contributed by atoms with Gasteiger partial charge in [-0.25, -0.2) is 0 Å². The summed E-state index contributed by atoms with van der Waals surface area (Å²) in [6, 6.07) is 0.454. The van der Waals surface area contributed by atoms with E-state index in [1.54, 1.807) is 6.92 Å². The first-order valence-electron chi connectivity index (χ1n) is 4.75. The molecule has 0 rings (SSSR count). The first kappa shape index (κ1) is 12.2. The lowest BCUT2D eigenvalue weighted by Gasteiger charge is -2.12. The summed E-state index contributed by atoms with van der Waals surface area (Å²) < 4.78 is 0. The summed E-state index contributed by atoms with van der Waals surface area (Å²) >= 11 is 0. The summed E-state index contributed by atoms with van der Waals surface area (Å²) in [6.07, 6.45) is 0.951. The Labute approximate surface area is 80.6 Å². The number of hydrogen-bond acceptors (Lipinski definition) is 2. The van der Waals surface area contributed by atoms with E-state index < -0.39 is 0 Å². The van der Waals surface area contributed by atoms with Gasteiger partial charge in [-0.1, -0.05) is 13.5 Å². The summed E-state index contributed by atoms with van der Waals surface area (Å²) in [6.45, 7) is 11.1. The smallest absolute Gasteiger partial charge is 0.246 e. The summed E-state index contributed by atoms with van der Waals surface area (Å²) in [7, 11) is 0. The Bertz CT molecular complexity index is 178. The van der Waals surface area contributed by atoms with Gasteiger partial charge in [-0.15, -0.1) is 0 Å². The predicted molar refractivity (Wildman–Crippen MR) is 55.6 cm³/mol. The average Bonchev–Trinajstić information content (AvgIpc) is 2.04. The fourth-order valence-corrected chi connectivity index (χ4v) is 1.00. The van der Waals surface area contributed by atoms with Crippen molar-refractivity contribution in [3.8, 4) is 0 Å². The van der Waals surface area contributed by atoms with E-state index in [0.29, 0.717) is 18.2 Å². The van der Waals surface area contributed by atoms with Crippen molar-refractivity contribution >= 4 is 5.91 Å². The maximum absolute atomic E-state index is 11.1. The van der Waals surface area contributed by atoms with Crippen LogP contribution >= 0.6 is 0 Å². The minimum Gasteiger partial charge on any atom is -0.352 e. The maximum atomic E-state index is 11.1.